The van der Waals surface area contributed by atoms with E-state index >= 15 is 0 Å². The fourth-order valence-corrected chi connectivity index (χ4v) is 3.43. The maximum atomic E-state index is 12.3. The van der Waals surface area contributed by atoms with Crippen molar-refractivity contribution in [3.63, 3.8) is 0 Å². The first-order valence-electron chi connectivity index (χ1n) is 9.19. The molecule has 2 amide bonds. The predicted octanol–water partition coefficient (Wildman–Crippen LogP) is 5.15. The number of halogens is 1. The van der Waals surface area contributed by atoms with E-state index in [0.29, 0.717) is 5.69 Å². The zero-order valence-electron chi connectivity index (χ0n) is 15.2. The molecule has 1 aromatic heterocycles. The number of nitrogens with one attached hydrogen (secondary N) is 2. The van der Waals surface area contributed by atoms with E-state index in [1.54, 1.807) is 6.20 Å². The van der Waals surface area contributed by atoms with Gasteiger partial charge in [0.15, 0.2) is 0 Å². The maximum absolute atomic E-state index is 12.3. The minimum atomic E-state index is -0.292. The molecule has 6 nitrogen and oxygen atoms in total. The standard InChI is InChI=1S/C21H20BrN5O/c22-16-6-8-17(9-7-16)24-21(28)25-18-5-3-4-15(14-18)19-10-11-23-20(26-19)27-12-1-2-13-27/h3-11,14H,1-2,12-13H2,(H2,24,25,28). The molecule has 2 N–H and O–H groups in total. The molecule has 4 rings (SSSR count). The van der Waals surface area contributed by atoms with Gasteiger partial charge >= 0.3 is 6.03 Å². The molecule has 1 aliphatic rings. The van der Waals surface area contributed by atoms with Crippen molar-refractivity contribution in [2.45, 2.75) is 12.8 Å². The molecular weight excluding hydrogens is 418 g/mol. The first-order chi connectivity index (χ1) is 13.7. The van der Waals surface area contributed by atoms with E-state index in [1.807, 2.05) is 54.6 Å². The number of urea groups is 1. The highest BCUT2D eigenvalue weighted by atomic mass is 79.9. The highest BCUT2D eigenvalue weighted by molar-refractivity contribution is 9.10. The van der Waals surface area contributed by atoms with Gasteiger partial charge in [-0.2, -0.15) is 0 Å². The van der Waals surface area contributed by atoms with Gasteiger partial charge < -0.3 is 15.5 Å². The van der Waals surface area contributed by atoms with E-state index in [2.05, 4.69) is 36.4 Å². The summed E-state index contributed by atoms with van der Waals surface area (Å²) in [6.07, 6.45) is 4.15. The normalized spacial score (nSPS) is 13.4. The summed E-state index contributed by atoms with van der Waals surface area (Å²) in [5.41, 5.74) is 3.20. The van der Waals surface area contributed by atoms with E-state index < -0.39 is 0 Å². The van der Waals surface area contributed by atoms with Crippen molar-refractivity contribution in [2.24, 2.45) is 0 Å². The second-order valence-electron chi connectivity index (χ2n) is 6.60. The van der Waals surface area contributed by atoms with Crippen molar-refractivity contribution in [2.75, 3.05) is 28.6 Å². The van der Waals surface area contributed by atoms with Crippen LogP contribution in [0.5, 0.6) is 0 Å². The second kappa shape index (κ2) is 8.39. The molecule has 0 radical (unpaired) electrons. The lowest BCUT2D eigenvalue weighted by Gasteiger charge is -2.15. The van der Waals surface area contributed by atoms with Gasteiger partial charge in [0.1, 0.15) is 0 Å². The topological polar surface area (TPSA) is 70.2 Å². The zero-order valence-corrected chi connectivity index (χ0v) is 16.8. The molecule has 0 aliphatic carbocycles. The van der Waals surface area contributed by atoms with E-state index in [4.69, 9.17) is 4.98 Å². The fraction of sp³-hybridized carbons (Fsp3) is 0.190. The van der Waals surface area contributed by atoms with Gasteiger partial charge in [-0.1, -0.05) is 28.1 Å². The summed E-state index contributed by atoms with van der Waals surface area (Å²) in [6.45, 7) is 2.00. The Kier molecular flexibility index (Phi) is 5.53. The zero-order chi connectivity index (χ0) is 19.3. The molecule has 0 atom stereocenters. The molecule has 0 spiro atoms. The Morgan fingerprint density at radius 2 is 1.71 bits per heavy atom. The van der Waals surface area contributed by atoms with Crippen LogP contribution in [0.3, 0.4) is 0 Å². The quantitative estimate of drug-likeness (QED) is 0.591. The number of hydrogen-bond donors (Lipinski definition) is 2. The average Bonchev–Trinajstić information content (AvgIpc) is 3.25. The molecular formula is C21H20BrN5O. The Hall–Kier alpha value is -2.93. The van der Waals surface area contributed by atoms with Crippen molar-refractivity contribution < 1.29 is 4.79 Å². The van der Waals surface area contributed by atoms with E-state index in [0.717, 1.165) is 40.5 Å². The van der Waals surface area contributed by atoms with Gasteiger partial charge in [-0.05, 0) is 55.3 Å². The van der Waals surface area contributed by atoms with Crippen LogP contribution in [0.15, 0.2) is 65.3 Å². The van der Waals surface area contributed by atoms with Crippen LogP contribution >= 0.6 is 15.9 Å². The fourth-order valence-electron chi connectivity index (χ4n) is 3.16. The number of carbonyl (C=O) groups is 1. The second-order valence-corrected chi connectivity index (χ2v) is 7.52. The van der Waals surface area contributed by atoms with Gasteiger partial charge in [0.25, 0.3) is 0 Å². The summed E-state index contributed by atoms with van der Waals surface area (Å²) in [7, 11) is 0. The van der Waals surface area contributed by atoms with Crippen molar-refractivity contribution in [1.82, 2.24) is 9.97 Å². The molecule has 142 valence electrons. The van der Waals surface area contributed by atoms with Crippen molar-refractivity contribution in [1.29, 1.82) is 0 Å². The lowest BCUT2D eigenvalue weighted by atomic mass is 10.1. The lowest BCUT2D eigenvalue weighted by molar-refractivity contribution is 0.262. The van der Waals surface area contributed by atoms with Gasteiger partial charge in [0.05, 0.1) is 5.69 Å². The summed E-state index contributed by atoms with van der Waals surface area (Å²) >= 11 is 3.38. The van der Waals surface area contributed by atoms with Crippen molar-refractivity contribution in [3.8, 4) is 11.3 Å². The Balaban J connectivity index is 1.47. The van der Waals surface area contributed by atoms with Gasteiger partial charge in [0, 0.05) is 40.7 Å². The van der Waals surface area contributed by atoms with Gasteiger partial charge in [-0.15, -0.1) is 0 Å². The third-order valence-electron chi connectivity index (χ3n) is 4.55. The van der Waals surface area contributed by atoms with E-state index in [-0.39, 0.29) is 6.03 Å². The Morgan fingerprint density at radius 3 is 2.50 bits per heavy atom. The molecule has 0 bridgehead atoms. The van der Waals surface area contributed by atoms with Gasteiger partial charge in [-0.3, -0.25) is 0 Å². The Morgan fingerprint density at radius 1 is 0.964 bits per heavy atom. The Bertz CT molecular complexity index is 971. The molecule has 7 heteroatoms. The molecule has 1 fully saturated rings. The number of amides is 2. The van der Waals surface area contributed by atoms with Crippen molar-refractivity contribution in [3.05, 3.63) is 65.3 Å². The number of carbonyl (C=O) groups excluding carboxylic acids is 1. The minimum absolute atomic E-state index is 0.292. The van der Waals surface area contributed by atoms with Gasteiger partial charge in [0.2, 0.25) is 5.95 Å². The SMILES string of the molecule is O=C(Nc1ccc(Br)cc1)Nc1cccc(-c2ccnc(N3CCCC3)n2)c1. The van der Waals surface area contributed by atoms with Crippen LogP contribution in [0.4, 0.5) is 22.1 Å². The van der Waals surface area contributed by atoms with Crippen LogP contribution in [0, 0.1) is 0 Å². The van der Waals surface area contributed by atoms with Crippen LogP contribution in [-0.2, 0) is 0 Å². The van der Waals surface area contributed by atoms with Crippen LogP contribution in [-0.4, -0.2) is 29.1 Å². The van der Waals surface area contributed by atoms with Crippen LogP contribution in [0.25, 0.3) is 11.3 Å². The maximum Gasteiger partial charge on any atom is 0.323 e. The Labute approximate surface area is 172 Å². The summed E-state index contributed by atoms with van der Waals surface area (Å²) in [5.74, 6) is 0.765. The molecule has 3 aromatic rings. The lowest BCUT2D eigenvalue weighted by Crippen LogP contribution is -2.20. The van der Waals surface area contributed by atoms with Crippen LogP contribution in [0.2, 0.25) is 0 Å². The molecule has 1 aliphatic heterocycles. The predicted molar refractivity (Wildman–Crippen MR) is 116 cm³/mol. The smallest absolute Gasteiger partial charge is 0.323 e. The molecule has 0 saturated carbocycles. The highest BCUT2D eigenvalue weighted by Gasteiger charge is 2.15. The number of anilines is 3. The van der Waals surface area contributed by atoms with Crippen LogP contribution < -0.4 is 15.5 Å². The first-order valence-corrected chi connectivity index (χ1v) is 9.99. The summed E-state index contributed by atoms with van der Waals surface area (Å²) in [5, 5.41) is 5.69. The monoisotopic (exact) mass is 437 g/mol. The molecule has 28 heavy (non-hydrogen) atoms. The molecule has 1 saturated heterocycles. The summed E-state index contributed by atoms with van der Waals surface area (Å²) in [6, 6.07) is 16.7. The first kappa shape index (κ1) is 18.4. The summed E-state index contributed by atoms with van der Waals surface area (Å²) < 4.78 is 0.962. The van der Waals surface area contributed by atoms with E-state index in [9.17, 15) is 4.79 Å². The molecule has 2 heterocycles. The van der Waals surface area contributed by atoms with Crippen molar-refractivity contribution >= 4 is 39.3 Å². The number of benzene rings is 2. The molecule has 0 unspecified atom stereocenters. The third-order valence-corrected chi connectivity index (χ3v) is 5.08. The number of aromatic nitrogens is 2. The van der Waals surface area contributed by atoms with Crippen LogP contribution in [0.1, 0.15) is 12.8 Å². The van der Waals surface area contributed by atoms with E-state index in [1.165, 1.54) is 12.8 Å². The summed E-state index contributed by atoms with van der Waals surface area (Å²) in [4.78, 5) is 23.6. The number of nitrogens with zero attached hydrogens (tertiary/aromatic N) is 3. The van der Waals surface area contributed by atoms with Gasteiger partial charge in [-0.25, -0.2) is 14.8 Å². The largest absolute Gasteiger partial charge is 0.341 e. The average molecular weight is 438 g/mol. The highest BCUT2D eigenvalue weighted by Crippen LogP contribution is 2.24. The molecule has 2 aromatic carbocycles. The minimum Gasteiger partial charge on any atom is -0.341 e. The number of rotatable bonds is 4. The number of hydrogen-bond acceptors (Lipinski definition) is 4. The third kappa shape index (κ3) is 4.48.